The van der Waals surface area contributed by atoms with Gasteiger partial charge in [-0.25, -0.2) is 9.48 Å². The Morgan fingerprint density at radius 3 is 2.81 bits per heavy atom. The van der Waals surface area contributed by atoms with Gasteiger partial charge in [-0.1, -0.05) is 0 Å². The van der Waals surface area contributed by atoms with Crippen molar-refractivity contribution in [3.05, 3.63) is 27.9 Å². The van der Waals surface area contributed by atoms with Crippen LogP contribution in [0.1, 0.15) is 77.2 Å². The maximum atomic E-state index is 12.7. The number of benzene rings is 1. The van der Waals surface area contributed by atoms with Gasteiger partial charge < -0.3 is 18.9 Å². The number of carbonyl (C=O) groups is 1. The number of hydrogen-bond donors (Lipinski definition) is 0. The fourth-order valence-corrected chi connectivity index (χ4v) is 5.93. The number of fused-ring (bicyclic) bond motifs is 1. The Balaban J connectivity index is 1.29. The van der Waals surface area contributed by atoms with Crippen LogP contribution in [-0.2, 0) is 25.4 Å². The molecule has 9 heteroatoms. The molecule has 0 aliphatic carbocycles. The summed E-state index contributed by atoms with van der Waals surface area (Å²) in [6.07, 6.45) is 7.77. The molecule has 2 saturated heterocycles. The average Bonchev–Trinajstić information content (AvgIpc) is 3.29. The van der Waals surface area contributed by atoms with Gasteiger partial charge >= 0.3 is 6.09 Å². The van der Waals surface area contributed by atoms with Crippen LogP contribution >= 0.6 is 15.9 Å². The van der Waals surface area contributed by atoms with E-state index >= 15 is 0 Å². The van der Waals surface area contributed by atoms with Crippen molar-refractivity contribution in [2.75, 3.05) is 33.0 Å². The van der Waals surface area contributed by atoms with E-state index in [4.69, 9.17) is 18.9 Å². The molecule has 37 heavy (non-hydrogen) atoms. The van der Waals surface area contributed by atoms with Crippen molar-refractivity contribution in [3.63, 3.8) is 0 Å². The van der Waals surface area contributed by atoms with E-state index in [1.54, 1.807) is 4.90 Å². The molecule has 2 aromatic rings. The molecule has 3 unspecified atom stereocenters. The van der Waals surface area contributed by atoms with Crippen molar-refractivity contribution >= 4 is 32.9 Å². The van der Waals surface area contributed by atoms with Gasteiger partial charge in [0.2, 0.25) is 0 Å². The van der Waals surface area contributed by atoms with E-state index in [0.717, 1.165) is 54.1 Å². The lowest BCUT2D eigenvalue weighted by atomic mass is 10.0. The van der Waals surface area contributed by atoms with Gasteiger partial charge in [0, 0.05) is 29.6 Å². The molecule has 0 spiro atoms. The first-order valence-electron chi connectivity index (χ1n) is 13.6. The second-order valence-electron chi connectivity index (χ2n) is 11.2. The standard InChI is InChI=1S/C28H42BrN3O5/c1-19-16-23-22(17-30-32(23)25-11-7-9-14-36-25)26(29)21(19)10-6-8-13-35-20(2)24-18-34-15-12-31(24)27(33)37-28(3,4)5/h16-17,20,24-25H,6-15,18H2,1-5H3. The van der Waals surface area contributed by atoms with E-state index in [1.165, 1.54) is 17.5 Å². The van der Waals surface area contributed by atoms with Gasteiger partial charge in [0.15, 0.2) is 6.23 Å². The van der Waals surface area contributed by atoms with Crippen LogP contribution in [0.2, 0.25) is 0 Å². The first-order valence-corrected chi connectivity index (χ1v) is 14.4. The summed E-state index contributed by atoms with van der Waals surface area (Å²) in [7, 11) is 0. The van der Waals surface area contributed by atoms with Gasteiger partial charge in [0.25, 0.3) is 0 Å². The second-order valence-corrected chi connectivity index (χ2v) is 12.0. The van der Waals surface area contributed by atoms with Gasteiger partial charge in [-0.05, 0) is 106 Å². The SMILES string of the molecule is Cc1cc2c(cnn2C2CCCCO2)c(Br)c1CCCCOC(C)C1COCCN1C(=O)OC(C)(C)C. The maximum absolute atomic E-state index is 12.7. The van der Waals surface area contributed by atoms with E-state index in [2.05, 4.69) is 34.0 Å². The number of unbranched alkanes of at least 4 members (excludes halogenated alkanes) is 1. The van der Waals surface area contributed by atoms with E-state index in [0.29, 0.717) is 26.4 Å². The third-order valence-electron chi connectivity index (χ3n) is 7.13. The second kappa shape index (κ2) is 12.5. The molecular formula is C28H42BrN3O5. The Hall–Kier alpha value is -1.68. The predicted molar refractivity (Wildman–Crippen MR) is 147 cm³/mol. The molecule has 0 saturated carbocycles. The van der Waals surface area contributed by atoms with Gasteiger partial charge in [-0.15, -0.1) is 0 Å². The van der Waals surface area contributed by atoms with Crippen LogP contribution in [0.5, 0.6) is 0 Å². The minimum Gasteiger partial charge on any atom is -0.444 e. The summed E-state index contributed by atoms with van der Waals surface area (Å²) in [6, 6.07) is 2.10. The summed E-state index contributed by atoms with van der Waals surface area (Å²) in [5.41, 5.74) is 3.18. The van der Waals surface area contributed by atoms with Gasteiger partial charge in [0.05, 0.1) is 37.1 Å². The topological polar surface area (TPSA) is 75.1 Å². The molecule has 4 rings (SSSR count). The number of aryl methyl sites for hydroxylation is 1. The van der Waals surface area contributed by atoms with E-state index in [1.807, 2.05) is 38.6 Å². The normalized spacial score (nSPS) is 21.8. The number of aromatic nitrogens is 2. The Morgan fingerprint density at radius 1 is 1.27 bits per heavy atom. The number of halogens is 1. The maximum Gasteiger partial charge on any atom is 0.410 e. The lowest BCUT2D eigenvalue weighted by Crippen LogP contribution is -2.55. The van der Waals surface area contributed by atoms with Crippen LogP contribution < -0.4 is 0 Å². The van der Waals surface area contributed by atoms with E-state index in [9.17, 15) is 4.79 Å². The number of nitrogens with zero attached hydrogens (tertiary/aromatic N) is 3. The monoisotopic (exact) mass is 579 g/mol. The van der Waals surface area contributed by atoms with Crippen molar-refractivity contribution in [1.29, 1.82) is 0 Å². The fourth-order valence-electron chi connectivity index (χ4n) is 5.11. The Bertz CT molecular complexity index is 1060. The highest BCUT2D eigenvalue weighted by Crippen LogP contribution is 2.34. The minimum atomic E-state index is -0.526. The summed E-state index contributed by atoms with van der Waals surface area (Å²) in [5.74, 6) is 0. The molecule has 1 aromatic heterocycles. The molecule has 8 nitrogen and oxygen atoms in total. The third kappa shape index (κ3) is 7.05. The molecule has 0 bridgehead atoms. The Kier molecular flexibility index (Phi) is 9.53. The lowest BCUT2D eigenvalue weighted by molar-refractivity contribution is -0.0805. The highest BCUT2D eigenvalue weighted by atomic mass is 79.9. The molecule has 1 amide bonds. The smallest absolute Gasteiger partial charge is 0.410 e. The molecule has 1 aromatic carbocycles. The van der Waals surface area contributed by atoms with Crippen molar-refractivity contribution in [1.82, 2.24) is 14.7 Å². The number of hydrogen-bond acceptors (Lipinski definition) is 6. The van der Waals surface area contributed by atoms with Gasteiger partial charge in [-0.2, -0.15) is 5.10 Å². The number of ether oxygens (including phenoxy) is 4. The number of carbonyl (C=O) groups excluding carboxylic acids is 1. The van der Waals surface area contributed by atoms with Crippen molar-refractivity contribution < 1.29 is 23.7 Å². The summed E-state index contributed by atoms with van der Waals surface area (Å²) >= 11 is 3.87. The lowest BCUT2D eigenvalue weighted by Gasteiger charge is -2.39. The van der Waals surface area contributed by atoms with E-state index < -0.39 is 5.60 Å². The number of morpholine rings is 1. The average molecular weight is 581 g/mol. The van der Waals surface area contributed by atoms with Crippen LogP contribution in [0.15, 0.2) is 16.7 Å². The predicted octanol–water partition coefficient (Wildman–Crippen LogP) is 6.17. The van der Waals surface area contributed by atoms with Crippen molar-refractivity contribution in [3.8, 4) is 0 Å². The Morgan fingerprint density at radius 2 is 2.08 bits per heavy atom. The zero-order valence-corrected chi connectivity index (χ0v) is 24.5. The van der Waals surface area contributed by atoms with Crippen LogP contribution in [0.3, 0.4) is 0 Å². The molecule has 3 atom stereocenters. The highest BCUT2D eigenvalue weighted by Gasteiger charge is 2.34. The first-order chi connectivity index (χ1) is 17.7. The largest absolute Gasteiger partial charge is 0.444 e. The van der Waals surface area contributed by atoms with Crippen molar-refractivity contribution in [2.24, 2.45) is 0 Å². The quantitative estimate of drug-likeness (QED) is 0.348. The summed E-state index contributed by atoms with van der Waals surface area (Å²) < 4.78 is 26.6. The van der Waals surface area contributed by atoms with Crippen LogP contribution in [-0.4, -0.2) is 71.5 Å². The van der Waals surface area contributed by atoms with E-state index in [-0.39, 0.29) is 24.5 Å². The molecular weight excluding hydrogens is 538 g/mol. The first kappa shape index (κ1) is 28.3. The number of amides is 1. The summed E-state index contributed by atoms with van der Waals surface area (Å²) in [5, 5.41) is 5.81. The number of rotatable bonds is 8. The zero-order valence-electron chi connectivity index (χ0n) is 22.9. The molecule has 3 heterocycles. The Labute approximate surface area is 229 Å². The van der Waals surface area contributed by atoms with Gasteiger partial charge in [-0.3, -0.25) is 4.90 Å². The molecule has 206 valence electrons. The summed E-state index contributed by atoms with van der Waals surface area (Å²) in [6.45, 7) is 12.8. The van der Waals surface area contributed by atoms with Gasteiger partial charge in [0.1, 0.15) is 5.60 Å². The minimum absolute atomic E-state index is 0.0309. The van der Waals surface area contributed by atoms with Crippen LogP contribution in [0.25, 0.3) is 10.9 Å². The van der Waals surface area contributed by atoms with Crippen molar-refractivity contribution in [2.45, 2.75) is 97.1 Å². The van der Waals surface area contributed by atoms with Crippen LogP contribution in [0, 0.1) is 6.92 Å². The molecule has 0 radical (unpaired) electrons. The molecule has 2 aliphatic rings. The molecule has 2 aliphatic heterocycles. The molecule has 0 N–H and O–H groups in total. The summed E-state index contributed by atoms with van der Waals surface area (Å²) in [4.78, 5) is 14.4. The van der Waals surface area contributed by atoms with Crippen LogP contribution in [0.4, 0.5) is 4.79 Å². The highest BCUT2D eigenvalue weighted by molar-refractivity contribution is 9.10. The molecule has 2 fully saturated rings. The fraction of sp³-hybridized carbons (Fsp3) is 0.714. The zero-order chi connectivity index (χ0) is 26.6. The third-order valence-corrected chi connectivity index (χ3v) is 8.04.